The topological polar surface area (TPSA) is 16.4 Å². The molecule has 0 N–H and O–H groups in total. The fourth-order valence-electron chi connectivity index (χ4n) is 6.92. The molecule has 1 aromatic heterocycles. The van der Waals surface area contributed by atoms with Crippen molar-refractivity contribution in [1.82, 2.24) is 0 Å². The first-order chi connectivity index (χ1) is 22.8. The van der Waals surface area contributed by atoms with Crippen LogP contribution in [0.15, 0.2) is 180 Å². The standard InChI is InChI=1S/C44H29NO/c1-2-13-31(14-3-1)36-20-10-16-32-17-11-21-39(44(32)36)37-18-6-8-22-41(37)45(34-25-24-30-12-4-5-15-33(30)28-34)35-26-27-43-40(29-35)38-19-7-9-23-42(38)46-43/h1-29H. The molecular formula is C44H29NO. The highest BCUT2D eigenvalue weighted by Gasteiger charge is 2.21. The summed E-state index contributed by atoms with van der Waals surface area (Å²) >= 11 is 0. The molecule has 0 unspecified atom stereocenters. The second kappa shape index (κ2) is 10.8. The molecule has 0 radical (unpaired) electrons. The summed E-state index contributed by atoms with van der Waals surface area (Å²) < 4.78 is 6.23. The van der Waals surface area contributed by atoms with Crippen molar-refractivity contribution >= 4 is 60.5 Å². The molecule has 0 aliphatic carbocycles. The van der Waals surface area contributed by atoms with Gasteiger partial charge in [0, 0.05) is 27.7 Å². The zero-order chi connectivity index (χ0) is 30.5. The molecule has 0 saturated carbocycles. The molecule has 0 aliphatic rings. The Morgan fingerprint density at radius 1 is 0.370 bits per heavy atom. The van der Waals surface area contributed by atoms with Gasteiger partial charge in [-0.05, 0) is 80.7 Å². The van der Waals surface area contributed by atoms with Gasteiger partial charge in [-0.3, -0.25) is 0 Å². The lowest BCUT2D eigenvalue weighted by Gasteiger charge is -2.28. The van der Waals surface area contributed by atoms with Gasteiger partial charge >= 0.3 is 0 Å². The van der Waals surface area contributed by atoms with Crippen molar-refractivity contribution in [3.63, 3.8) is 0 Å². The van der Waals surface area contributed by atoms with E-state index in [9.17, 15) is 0 Å². The summed E-state index contributed by atoms with van der Waals surface area (Å²) in [5.74, 6) is 0. The molecule has 0 atom stereocenters. The molecular weight excluding hydrogens is 558 g/mol. The van der Waals surface area contributed by atoms with Gasteiger partial charge in [-0.1, -0.05) is 133 Å². The van der Waals surface area contributed by atoms with E-state index in [-0.39, 0.29) is 0 Å². The van der Waals surface area contributed by atoms with Crippen LogP contribution in [0.2, 0.25) is 0 Å². The summed E-state index contributed by atoms with van der Waals surface area (Å²) in [7, 11) is 0. The Bertz CT molecular complexity index is 2540. The normalized spacial score (nSPS) is 11.5. The molecule has 2 nitrogen and oxygen atoms in total. The third kappa shape index (κ3) is 4.35. The summed E-state index contributed by atoms with van der Waals surface area (Å²) in [5.41, 5.74) is 9.88. The van der Waals surface area contributed by atoms with Crippen LogP contribution in [0, 0.1) is 0 Å². The lowest BCUT2D eigenvalue weighted by Crippen LogP contribution is -2.11. The second-order valence-corrected chi connectivity index (χ2v) is 11.7. The summed E-state index contributed by atoms with van der Waals surface area (Å²) in [6, 6.07) is 62.9. The van der Waals surface area contributed by atoms with Crippen LogP contribution >= 0.6 is 0 Å². The Morgan fingerprint density at radius 2 is 1.00 bits per heavy atom. The minimum absolute atomic E-state index is 0.887. The van der Waals surface area contributed by atoms with Gasteiger partial charge in [-0.2, -0.15) is 0 Å². The van der Waals surface area contributed by atoms with Crippen molar-refractivity contribution in [2.45, 2.75) is 0 Å². The number of anilines is 3. The molecule has 0 amide bonds. The van der Waals surface area contributed by atoms with Crippen LogP contribution in [0.1, 0.15) is 0 Å². The number of hydrogen-bond acceptors (Lipinski definition) is 2. The highest BCUT2D eigenvalue weighted by molar-refractivity contribution is 6.10. The van der Waals surface area contributed by atoms with Gasteiger partial charge in [-0.25, -0.2) is 0 Å². The Labute approximate surface area is 267 Å². The monoisotopic (exact) mass is 587 g/mol. The van der Waals surface area contributed by atoms with E-state index in [1.165, 1.54) is 43.8 Å². The van der Waals surface area contributed by atoms with Crippen molar-refractivity contribution < 1.29 is 4.42 Å². The smallest absolute Gasteiger partial charge is 0.135 e. The van der Waals surface area contributed by atoms with Crippen molar-refractivity contribution in [3.8, 4) is 22.3 Å². The van der Waals surface area contributed by atoms with Crippen LogP contribution in [0.4, 0.5) is 17.1 Å². The van der Waals surface area contributed by atoms with E-state index in [1.807, 2.05) is 12.1 Å². The third-order valence-corrected chi connectivity index (χ3v) is 9.03. The number of para-hydroxylation sites is 2. The van der Waals surface area contributed by atoms with Crippen molar-refractivity contribution in [2.24, 2.45) is 0 Å². The molecule has 9 rings (SSSR count). The molecule has 1 heterocycles. The van der Waals surface area contributed by atoms with E-state index in [1.54, 1.807) is 0 Å². The maximum absolute atomic E-state index is 6.23. The van der Waals surface area contributed by atoms with Gasteiger partial charge in [0.2, 0.25) is 0 Å². The van der Waals surface area contributed by atoms with E-state index in [2.05, 4.69) is 169 Å². The van der Waals surface area contributed by atoms with Gasteiger partial charge in [0.15, 0.2) is 0 Å². The van der Waals surface area contributed by atoms with E-state index < -0.39 is 0 Å². The van der Waals surface area contributed by atoms with Crippen LogP contribution in [0.5, 0.6) is 0 Å². The van der Waals surface area contributed by atoms with Crippen molar-refractivity contribution in [3.05, 3.63) is 176 Å². The Hall–Kier alpha value is -6.12. The van der Waals surface area contributed by atoms with E-state index >= 15 is 0 Å². The molecule has 0 fully saturated rings. The minimum Gasteiger partial charge on any atom is -0.456 e. The molecule has 0 spiro atoms. The fraction of sp³-hybridized carbons (Fsp3) is 0. The largest absolute Gasteiger partial charge is 0.456 e. The van der Waals surface area contributed by atoms with Crippen molar-refractivity contribution in [2.75, 3.05) is 4.90 Å². The van der Waals surface area contributed by atoms with Gasteiger partial charge < -0.3 is 9.32 Å². The number of fused-ring (bicyclic) bond motifs is 5. The van der Waals surface area contributed by atoms with Gasteiger partial charge in [0.25, 0.3) is 0 Å². The Balaban J connectivity index is 1.33. The first-order valence-corrected chi connectivity index (χ1v) is 15.7. The quantitative estimate of drug-likeness (QED) is 0.199. The predicted molar refractivity (Wildman–Crippen MR) is 194 cm³/mol. The number of rotatable bonds is 5. The zero-order valence-corrected chi connectivity index (χ0v) is 25.1. The highest BCUT2D eigenvalue weighted by atomic mass is 16.3. The molecule has 0 bridgehead atoms. The molecule has 8 aromatic carbocycles. The average Bonchev–Trinajstić information content (AvgIpc) is 3.50. The number of furan rings is 1. The van der Waals surface area contributed by atoms with Gasteiger partial charge in [-0.15, -0.1) is 0 Å². The number of benzene rings is 8. The lowest BCUT2D eigenvalue weighted by molar-refractivity contribution is 0.669. The summed E-state index contributed by atoms with van der Waals surface area (Å²) in [4.78, 5) is 2.40. The Morgan fingerprint density at radius 3 is 1.89 bits per heavy atom. The SMILES string of the molecule is c1ccc(-c2cccc3cccc(-c4ccccc4N(c4ccc5ccccc5c4)c4ccc5oc6ccccc6c5c4)c23)cc1. The molecule has 9 aromatic rings. The van der Waals surface area contributed by atoms with Crippen LogP contribution in [-0.4, -0.2) is 0 Å². The molecule has 216 valence electrons. The second-order valence-electron chi connectivity index (χ2n) is 11.7. The van der Waals surface area contributed by atoms with Crippen LogP contribution in [-0.2, 0) is 0 Å². The van der Waals surface area contributed by atoms with Gasteiger partial charge in [0.1, 0.15) is 11.2 Å². The fourth-order valence-corrected chi connectivity index (χ4v) is 6.92. The minimum atomic E-state index is 0.887. The highest BCUT2D eigenvalue weighted by Crippen LogP contribution is 2.46. The molecule has 0 saturated heterocycles. The Kier molecular flexibility index (Phi) is 6.17. The first kappa shape index (κ1) is 26.3. The van der Waals surface area contributed by atoms with E-state index in [4.69, 9.17) is 4.42 Å². The van der Waals surface area contributed by atoms with Crippen LogP contribution in [0.25, 0.3) is 65.7 Å². The van der Waals surface area contributed by atoms with E-state index in [0.717, 1.165) is 39.0 Å². The number of nitrogens with zero attached hydrogens (tertiary/aromatic N) is 1. The summed E-state index contributed by atoms with van der Waals surface area (Å²) in [6.45, 7) is 0. The van der Waals surface area contributed by atoms with Gasteiger partial charge in [0.05, 0.1) is 5.69 Å². The molecule has 0 aliphatic heterocycles. The van der Waals surface area contributed by atoms with Crippen LogP contribution in [0.3, 0.4) is 0 Å². The third-order valence-electron chi connectivity index (χ3n) is 9.03. The lowest BCUT2D eigenvalue weighted by atomic mass is 9.90. The molecule has 46 heavy (non-hydrogen) atoms. The summed E-state index contributed by atoms with van der Waals surface area (Å²) in [6.07, 6.45) is 0. The average molecular weight is 588 g/mol. The first-order valence-electron chi connectivity index (χ1n) is 15.7. The zero-order valence-electron chi connectivity index (χ0n) is 25.1. The number of hydrogen-bond donors (Lipinski definition) is 0. The molecule has 2 heteroatoms. The predicted octanol–water partition coefficient (Wildman–Crippen LogP) is 12.7. The maximum Gasteiger partial charge on any atom is 0.135 e. The van der Waals surface area contributed by atoms with Crippen molar-refractivity contribution in [1.29, 1.82) is 0 Å². The summed E-state index contributed by atoms with van der Waals surface area (Å²) in [5, 5.41) is 7.11. The maximum atomic E-state index is 6.23. The van der Waals surface area contributed by atoms with E-state index in [0.29, 0.717) is 0 Å². The van der Waals surface area contributed by atoms with Crippen LogP contribution < -0.4 is 4.90 Å².